The molecule has 0 bridgehead atoms. The summed E-state index contributed by atoms with van der Waals surface area (Å²) >= 11 is 0. The Hall–Kier alpha value is -0.610. The van der Waals surface area contributed by atoms with E-state index in [0.717, 1.165) is 19.4 Å². The summed E-state index contributed by atoms with van der Waals surface area (Å²) in [6, 6.07) is -0.343. The van der Waals surface area contributed by atoms with Crippen LogP contribution in [0, 0.1) is 5.41 Å². The van der Waals surface area contributed by atoms with E-state index >= 15 is 0 Å². The molecule has 0 heterocycles. The molecule has 0 rings (SSSR count). The summed E-state index contributed by atoms with van der Waals surface area (Å²) in [5, 5.41) is 3.15. The first-order valence-electron chi connectivity index (χ1n) is 6.88. The van der Waals surface area contributed by atoms with Crippen LogP contribution < -0.4 is 5.32 Å². The van der Waals surface area contributed by atoms with Gasteiger partial charge in [-0.2, -0.15) is 0 Å². The molecule has 0 saturated heterocycles. The molecule has 0 aliphatic rings. The first kappa shape index (κ1) is 17.4. The number of ether oxygens (including phenoxy) is 2. The molecule has 108 valence electrons. The first-order valence-corrected chi connectivity index (χ1v) is 6.88. The van der Waals surface area contributed by atoms with E-state index in [9.17, 15) is 4.79 Å². The van der Waals surface area contributed by atoms with Crippen molar-refractivity contribution in [1.82, 2.24) is 5.32 Å². The highest BCUT2D eigenvalue weighted by atomic mass is 16.5. The molecule has 1 atom stereocenters. The van der Waals surface area contributed by atoms with Crippen molar-refractivity contribution in [2.45, 2.75) is 53.5 Å². The number of nitrogens with one attached hydrogen (secondary N) is 1. The quantitative estimate of drug-likeness (QED) is 0.510. The molecule has 0 aromatic carbocycles. The van der Waals surface area contributed by atoms with Gasteiger partial charge >= 0.3 is 5.97 Å². The van der Waals surface area contributed by atoms with Gasteiger partial charge in [-0.1, -0.05) is 27.7 Å². The monoisotopic (exact) mass is 259 g/mol. The van der Waals surface area contributed by atoms with Gasteiger partial charge in [0.25, 0.3) is 0 Å². The van der Waals surface area contributed by atoms with Crippen LogP contribution in [0.5, 0.6) is 0 Å². The minimum atomic E-state index is -0.343. The summed E-state index contributed by atoms with van der Waals surface area (Å²) < 4.78 is 10.6. The average molecular weight is 259 g/mol. The van der Waals surface area contributed by atoms with Crippen molar-refractivity contribution >= 4 is 5.97 Å². The van der Waals surface area contributed by atoms with Crippen LogP contribution in [0.2, 0.25) is 0 Å². The second kappa shape index (κ2) is 9.34. The maximum absolute atomic E-state index is 11.7. The standard InChI is InChI=1S/C14H29NO3/c1-6-9-15-12(13(16)18-7-2)11-17-10-8-14(3,4)5/h12,15H,6-11H2,1-5H3. The van der Waals surface area contributed by atoms with Gasteiger partial charge in [-0.3, -0.25) is 4.79 Å². The van der Waals surface area contributed by atoms with Crippen LogP contribution in [0.4, 0.5) is 0 Å². The summed E-state index contributed by atoms with van der Waals surface area (Å²) in [6.07, 6.45) is 1.97. The van der Waals surface area contributed by atoms with Crippen molar-refractivity contribution in [1.29, 1.82) is 0 Å². The van der Waals surface area contributed by atoms with Crippen LogP contribution in [0.3, 0.4) is 0 Å². The van der Waals surface area contributed by atoms with E-state index in [4.69, 9.17) is 9.47 Å². The minimum absolute atomic E-state index is 0.221. The lowest BCUT2D eigenvalue weighted by molar-refractivity contribution is -0.147. The molecule has 4 nitrogen and oxygen atoms in total. The SMILES string of the molecule is CCCNC(COCCC(C)(C)C)C(=O)OCC. The van der Waals surface area contributed by atoms with Crippen molar-refractivity contribution in [2.75, 3.05) is 26.4 Å². The Morgan fingerprint density at radius 3 is 2.44 bits per heavy atom. The Bertz CT molecular complexity index is 224. The number of carbonyl (C=O) groups is 1. The van der Waals surface area contributed by atoms with Gasteiger partial charge in [0.1, 0.15) is 6.04 Å². The number of esters is 1. The van der Waals surface area contributed by atoms with Gasteiger partial charge < -0.3 is 14.8 Å². The molecule has 4 heteroatoms. The summed E-state index contributed by atoms with van der Waals surface area (Å²) in [5.74, 6) is -0.221. The molecule has 1 unspecified atom stereocenters. The highest BCUT2D eigenvalue weighted by Crippen LogP contribution is 2.17. The second-order valence-corrected chi connectivity index (χ2v) is 5.64. The fourth-order valence-electron chi connectivity index (χ4n) is 1.35. The Kier molecular flexibility index (Phi) is 9.02. The predicted octanol–water partition coefficient (Wildman–Crippen LogP) is 2.37. The number of carbonyl (C=O) groups excluding carboxylic acids is 1. The summed E-state index contributed by atoms with van der Waals surface area (Å²) in [5.41, 5.74) is 0.260. The molecular weight excluding hydrogens is 230 g/mol. The highest BCUT2D eigenvalue weighted by Gasteiger charge is 2.19. The first-order chi connectivity index (χ1) is 8.40. The van der Waals surface area contributed by atoms with Crippen molar-refractivity contribution < 1.29 is 14.3 Å². The maximum Gasteiger partial charge on any atom is 0.325 e. The van der Waals surface area contributed by atoms with Crippen LogP contribution >= 0.6 is 0 Å². The molecule has 18 heavy (non-hydrogen) atoms. The zero-order valence-corrected chi connectivity index (χ0v) is 12.5. The zero-order valence-electron chi connectivity index (χ0n) is 12.5. The molecule has 0 amide bonds. The van der Waals surface area contributed by atoms with Crippen LogP contribution in [0.1, 0.15) is 47.5 Å². The minimum Gasteiger partial charge on any atom is -0.465 e. The zero-order chi connectivity index (χ0) is 14.0. The van der Waals surface area contributed by atoms with Gasteiger partial charge in [-0.25, -0.2) is 0 Å². The van der Waals surface area contributed by atoms with Gasteiger partial charge in [0.05, 0.1) is 13.2 Å². The van der Waals surface area contributed by atoms with Gasteiger partial charge in [-0.05, 0) is 31.7 Å². The summed E-state index contributed by atoms with van der Waals surface area (Å²) in [6.45, 7) is 12.7. The van der Waals surface area contributed by atoms with Gasteiger partial charge in [-0.15, -0.1) is 0 Å². The maximum atomic E-state index is 11.7. The third-order valence-corrected chi connectivity index (χ3v) is 2.49. The van der Waals surface area contributed by atoms with Crippen LogP contribution in [0.25, 0.3) is 0 Å². The smallest absolute Gasteiger partial charge is 0.325 e. The molecule has 1 N–H and O–H groups in total. The lowest BCUT2D eigenvalue weighted by Crippen LogP contribution is -2.42. The molecule has 0 aromatic rings. The molecule has 0 spiro atoms. The van der Waals surface area contributed by atoms with E-state index in [1.54, 1.807) is 0 Å². The normalized spacial score (nSPS) is 13.4. The van der Waals surface area contributed by atoms with Crippen LogP contribution in [-0.2, 0) is 14.3 Å². The van der Waals surface area contributed by atoms with E-state index in [2.05, 4.69) is 33.0 Å². The van der Waals surface area contributed by atoms with Gasteiger partial charge in [0.2, 0.25) is 0 Å². The van der Waals surface area contributed by atoms with Crippen molar-refractivity contribution in [3.05, 3.63) is 0 Å². The molecule has 0 radical (unpaired) electrons. The lowest BCUT2D eigenvalue weighted by atomic mass is 9.93. The number of hydrogen-bond acceptors (Lipinski definition) is 4. The lowest BCUT2D eigenvalue weighted by Gasteiger charge is -2.20. The Labute approximate surface area is 111 Å². The topological polar surface area (TPSA) is 47.6 Å². The van der Waals surface area contributed by atoms with E-state index < -0.39 is 0 Å². The van der Waals surface area contributed by atoms with E-state index in [1.165, 1.54) is 0 Å². The van der Waals surface area contributed by atoms with Gasteiger partial charge in [0, 0.05) is 6.61 Å². The van der Waals surface area contributed by atoms with Crippen LogP contribution in [-0.4, -0.2) is 38.4 Å². The van der Waals surface area contributed by atoms with E-state index in [0.29, 0.717) is 19.8 Å². The Balaban J connectivity index is 3.96. The predicted molar refractivity (Wildman–Crippen MR) is 73.6 cm³/mol. The Morgan fingerprint density at radius 2 is 1.94 bits per heavy atom. The van der Waals surface area contributed by atoms with Crippen molar-refractivity contribution in [3.63, 3.8) is 0 Å². The van der Waals surface area contributed by atoms with Crippen molar-refractivity contribution in [3.8, 4) is 0 Å². The molecule has 0 fully saturated rings. The molecule has 0 aliphatic carbocycles. The fourth-order valence-corrected chi connectivity index (χ4v) is 1.35. The molecular formula is C14H29NO3. The van der Waals surface area contributed by atoms with Gasteiger partial charge in [0.15, 0.2) is 0 Å². The average Bonchev–Trinajstić information content (AvgIpc) is 2.27. The number of rotatable bonds is 9. The third kappa shape index (κ3) is 9.42. The molecule has 0 saturated carbocycles. The summed E-state index contributed by atoms with van der Waals surface area (Å²) in [4.78, 5) is 11.7. The highest BCUT2D eigenvalue weighted by molar-refractivity contribution is 5.75. The molecule has 0 aliphatic heterocycles. The van der Waals surface area contributed by atoms with Crippen LogP contribution in [0.15, 0.2) is 0 Å². The second-order valence-electron chi connectivity index (χ2n) is 5.64. The largest absolute Gasteiger partial charge is 0.465 e. The third-order valence-electron chi connectivity index (χ3n) is 2.49. The Morgan fingerprint density at radius 1 is 1.28 bits per heavy atom. The molecule has 0 aromatic heterocycles. The van der Waals surface area contributed by atoms with E-state index in [1.807, 2.05) is 6.92 Å². The summed E-state index contributed by atoms with van der Waals surface area (Å²) in [7, 11) is 0. The number of hydrogen-bond donors (Lipinski definition) is 1. The van der Waals surface area contributed by atoms with E-state index in [-0.39, 0.29) is 17.4 Å². The fraction of sp³-hybridized carbons (Fsp3) is 0.929. The van der Waals surface area contributed by atoms with Crippen molar-refractivity contribution in [2.24, 2.45) is 5.41 Å².